The van der Waals surface area contributed by atoms with Gasteiger partial charge in [0.15, 0.2) is 5.82 Å². The maximum Gasteiger partial charge on any atom is 0.416 e. The fraction of sp³-hybridized carbons (Fsp3) is 0.500. The first-order valence-corrected chi connectivity index (χ1v) is 7.55. The Morgan fingerprint density at radius 3 is 2.65 bits per heavy atom. The Hall–Kier alpha value is -1.89. The molecular formula is C16H18F3N3O. The molecule has 0 spiro atoms. The van der Waals surface area contributed by atoms with Crippen molar-refractivity contribution in [1.82, 2.24) is 15.0 Å². The standard InChI is InChI=1S/C16H18F3N3O/c1-10(15-20-14(21-23-15)11-7-8-11)22(2)9-12-5-3-4-6-13(12)16(17,18)19/h3-6,10-11H,7-9H2,1-2H3/t10-/m1/s1. The van der Waals surface area contributed by atoms with E-state index in [9.17, 15) is 13.2 Å². The van der Waals surface area contributed by atoms with Gasteiger partial charge in [-0.2, -0.15) is 18.2 Å². The van der Waals surface area contributed by atoms with Crippen molar-refractivity contribution < 1.29 is 17.7 Å². The first kappa shape index (κ1) is 16.0. The van der Waals surface area contributed by atoms with E-state index < -0.39 is 11.7 Å². The third-order valence-corrected chi connectivity index (χ3v) is 4.16. The van der Waals surface area contributed by atoms with Crippen molar-refractivity contribution in [3.8, 4) is 0 Å². The molecule has 23 heavy (non-hydrogen) atoms. The van der Waals surface area contributed by atoms with Gasteiger partial charge >= 0.3 is 6.18 Å². The van der Waals surface area contributed by atoms with Crippen LogP contribution in [0.5, 0.6) is 0 Å². The molecule has 1 heterocycles. The number of aromatic nitrogens is 2. The molecule has 7 heteroatoms. The Morgan fingerprint density at radius 1 is 1.30 bits per heavy atom. The van der Waals surface area contributed by atoms with Crippen molar-refractivity contribution in [2.24, 2.45) is 0 Å². The zero-order valence-electron chi connectivity index (χ0n) is 13.0. The molecule has 0 radical (unpaired) electrons. The van der Waals surface area contributed by atoms with Gasteiger partial charge in [-0.05, 0) is 38.4 Å². The van der Waals surface area contributed by atoms with Crippen LogP contribution >= 0.6 is 0 Å². The molecule has 0 N–H and O–H groups in total. The average Bonchev–Trinajstić information content (AvgIpc) is 3.23. The quantitative estimate of drug-likeness (QED) is 0.828. The summed E-state index contributed by atoms with van der Waals surface area (Å²) in [5.41, 5.74) is -0.375. The van der Waals surface area contributed by atoms with Crippen molar-refractivity contribution in [2.45, 2.75) is 44.4 Å². The van der Waals surface area contributed by atoms with Crippen molar-refractivity contribution in [3.63, 3.8) is 0 Å². The Balaban J connectivity index is 1.74. The summed E-state index contributed by atoms with van der Waals surface area (Å²) in [5.74, 6) is 1.53. The molecule has 0 bridgehead atoms. The van der Waals surface area contributed by atoms with Crippen molar-refractivity contribution >= 4 is 0 Å². The lowest BCUT2D eigenvalue weighted by Crippen LogP contribution is -2.24. The Morgan fingerprint density at radius 2 is 2.00 bits per heavy atom. The van der Waals surface area contributed by atoms with Crippen LogP contribution in [0.1, 0.15) is 54.6 Å². The normalized spacial score (nSPS) is 16.8. The maximum atomic E-state index is 13.1. The molecule has 3 rings (SSSR count). The van der Waals surface area contributed by atoms with Crippen LogP contribution in [0.2, 0.25) is 0 Å². The largest absolute Gasteiger partial charge is 0.416 e. The minimum atomic E-state index is -4.36. The molecule has 1 aromatic heterocycles. The molecular weight excluding hydrogens is 307 g/mol. The molecule has 1 aromatic carbocycles. The summed E-state index contributed by atoms with van der Waals surface area (Å²) in [6, 6.07) is 5.36. The van der Waals surface area contributed by atoms with Gasteiger partial charge in [0.05, 0.1) is 11.6 Å². The molecule has 1 saturated carbocycles. The van der Waals surface area contributed by atoms with Crippen LogP contribution in [0.3, 0.4) is 0 Å². The fourth-order valence-electron chi connectivity index (χ4n) is 2.45. The van der Waals surface area contributed by atoms with Gasteiger partial charge in [-0.3, -0.25) is 4.90 Å². The second-order valence-electron chi connectivity index (χ2n) is 6.01. The zero-order chi connectivity index (χ0) is 16.6. The summed E-state index contributed by atoms with van der Waals surface area (Å²) in [7, 11) is 1.75. The third-order valence-electron chi connectivity index (χ3n) is 4.16. The second kappa shape index (κ2) is 5.96. The van der Waals surface area contributed by atoms with E-state index in [1.807, 2.05) is 6.92 Å². The molecule has 4 nitrogen and oxygen atoms in total. The van der Waals surface area contributed by atoms with E-state index in [1.54, 1.807) is 18.0 Å². The number of hydrogen-bond acceptors (Lipinski definition) is 4. The van der Waals surface area contributed by atoms with E-state index in [1.165, 1.54) is 12.1 Å². The summed E-state index contributed by atoms with van der Waals surface area (Å²) < 4.78 is 44.4. The predicted molar refractivity (Wildman–Crippen MR) is 77.6 cm³/mol. The van der Waals surface area contributed by atoms with E-state index in [-0.39, 0.29) is 18.2 Å². The van der Waals surface area contributed by atoms with Gasteiger partial charge in [0.2, 0.25) is 5.89 Å². The van der Waals surface area contributed by atoms with Crippen LogP contribution in [0.15, 0.2) is 28.8 Å². The highest BCUT2D eigenvalue weighted by molar-refractivity contribution is 5.29. The molecule has 124 valence electrons. The van der Waals surface area contributed by atoms with Crippen LogP contribution in [-0.2, 0) is 12.7 Å². The van der Waals surface area contributed by atoms with Crippen LogP contribution < -0.4 is 0 Å². The average molecular weight is 325 g/mol. The zero-order valence-corrected chi connectivity index (χ0v) is 13.0. The van der Waals surface area contributed by atoms with Crippen molar-refractivity contribution in [3.05, 3.63) is 47.1 Å². The first-order valence-electron chi connectivity index (χ1n) is 7.55. The van der Waals surface area contributed by atoms with E-state index in [4.69, 9.17) is 4.52 Å². The Kier molecular flexibility index (Phi) is 4.14. The molecule has 2 aromatic rings. The lowest BCUT2D eigenvalue weighted by molar-refractivity contribution is -0.138. The van der Waals surface area contributed by atoms with Crippen molar-refractivity contribution in [2.75, 3.05) is 7.05 Å². The van der Waals surface area contributed by atoms with Crippen LogP contribution in [0.4, 0.5) is 13.2 Å². The summed E-state index contributed by atoms with van der Waals surface area (Å²) >= 11 is 0. The third kappa shape index (κ3) is 3.55. The van der Waals surface area contributed by atoms with E-state index >= 15 is 0 Å². The number of benzene rings is 1. The lowest BCUT2D eigenvalue weighted by Gasteiger charge is -2.23. The minimum absolute atomic E-state index is 0.151. The number of halogens is 3. The Labute approximate surface area is 132 Å². The van der Waals surface area contributed by atoms with E-state index in [0.29, 0.717) is 17.6 Å². The number of rotatable bonds is 5. The van der Waals surface area contributed by atoms with Crippen LogP contribution in [0, 0.1) is 0 Å². The lowest BCUT2D eigenvalue weighted by atomic mass is 10.1. The van der Waals surface area contributed by atoms with Crippen LogP contribution in [0.25, 0.3) is 0 Å². The first-order chi connectivity index (χ1) is 10.9. The molecule has 1 aliphatic carbocycles. The van der Waals surface area contributed by atoms with Gasteiger partial charge in [0.1, 0.15) is 0 Å². The molecule has 0 aliphatic heterocycles. The SMILES string of the molecule is C[C@H](c1nc(C2CC2)no1)N(C)Cc1ccccc1C(F)(F)F. The highest BCUT2D eigenvalue weighted by Crippen LogP contribution is 2.39. The molecule has 0 saturated heterocycles. The monoisotopic (exact) mass is 325 g/mol. The second-order valence-corrected chi connectivity index (χ2v) is 6.01. The molecule has 0 unspecified atom stereocenters. The minimum Gasteiger partial charge on any atom is -0.338 e. The Bertz CT molecular complexity index is 679. The number of hydrogen-bond donors (Lipinski definition) is 0. The van der Waals surface area contributed by atoms with Gasteiger partial charge in [-0.25, -0.2) is 0 Å². The molecule has 0 amide bonds. The highest BCUT2D eigenvalue weighted by atomic mass is 19.4. The molecule has 1 aliphatic rings. The van der Waals surface area contributed by atoms with E-state index in [0.717, 1.165) is 18.9 Å². The fourth-order valence-corrected chi connectivity index (χ4v) is 2.45. The topological polar surface area (TPSA) is 42.2 Å². The van der Waals surface area contributed by atoms with Gasteiger partial charge in [0.25, 0.3) is 0 Å². The van der Waals surface area contributed by atoms with Gasteiger partial charge in [0, 0.05) is 12.5 Å². The smallest absolute Gasteiger partial charge is 0.338 e. The maximum absolute atomic E-state index is 13.1. The van der Waals surface area contributed by atoms with Crippen LogP contribution in [-0.4, -0.2) is 22.1 Å². The highest BCUT2D eigenvalue weighted by Gasteiger charge is 2.34. The summed E-state index contributed by atoms with van der Waals surface area (Å²) in [6.45, 7) is 2.00. The van der Waals surface area contributed by atoms with Gasteiger partial charge < -0.3 is 4.52 Å². The predicted octanol–water partition coefficient (Wildman–Crippen LogP) is 4.16. The summed E-state index contributed by atoms with van der Waals surface area (Å²) in [4.78, 5) is 6.14. The molecule has 1 fully saturated rings. The van der Waals surface area contributed by atoms with Crippen molar-refractivity contribution in [1.29, 1.82) is 0 Å². The van der Waals surface area contributed by atoms with Gasteiger partial charge in [-0.15, -0.1) is 0 Å². The van der Waals surface area contributed by atoms with E-state index in [2.05, 4.69) is 10.1 Å². The summed E-state index contributed by atoms with van der Waals surface area (Å²) in [6.07, 6.45) is -2.21. The number of nitrogens with zero attached hydrogens (tertiary/aromatic N) is 3. The number of alkyl halides is 3. The van der Waals surface area contributed by atoms with Gasteiger partial charge in [-0.1, -0.05) is 23.4 Å². The molecule has 1 atom stereocenters. The summed E-state index contributed by atoms with van der Waals surface area (Å²) in [5, 5.41) is 3.95.